The number of nitrogens with one attached hydrogen (secondary N) is 1. The van der Waals surface area contributed by atoms with E-state index >= 15 is 0 Å². The highest BCUT2D eigenvalue weighted by Crippen LogP contribution is 2.38. The lowest BCUT2D eigenvalue weighted by atomic mass is 9.80. The number of carbonyl (C=O) groups excluding carboxylic acids is 3. The van der Waals surface area contributed by atoms with E-state index in [9.17, 15) is 27.6 Å². The summed E-state index contributed by atoms with van der Waals surface area (Å²) in [4.78, 5) is 36.2. The Morgan fingerprint density at radius 1 is 1.38 bits per heavy atom. The summed E-state index contributed by atoms with van der Waals surface area (Å²) in [5.41, 5.74) is -0.879. The van der Waals surface area contributed by atoms with Crippen LogP contribution in [0.15, 0.2) is 0 Å². The van der Waals surface area contributed by atoms with Crippen molar-refractivity contribution in [3.63, 3.8) is 0 Å². The molecule has 1 N–H and O–H groups in total. The quantitative estimate of drug-likeness (QED) is 0.782. The molecule has 21 heavy (non-hydrogen) atoms. The molecule has 120 valence electrons. The van der Waals surface area contributed by atoms with E-state index in [0.29, 0.717) is 6.42 Å². The van der Waals surface area contributed by atoms with E-state index in [2.05, 4.69) is 0 Å². The lowest BCUT2D eigenvalue weighted by molar-refractivity contribution is -0.147. The molecule has 1 heterocycles. The first-order chi connectivity index (χ1) is 9.44. The van der Waals surface area contributed by atoms with Gasteiger partial charge in [-0.25, -0.2) is 0 Å². The van der Waals surface area contributed by atoms with E-state index in [4.69, 9.17) is 0 Å². The van der Waals surface area contributed by atoms with E-state index in [1.165, 1.54) is 0 Å². The zero-order valence-corrected chi connectivity index (χ0v) is 12.2. The van der Waals surface area contributed by atoms with Gasteiger partial charge in [0.25, 0.3) is 0 Å². The molecule has 1 atom stereocenters. The SMILES string of the molecule is CC(C)C[C@@]1(C)CC(=O)N(CC(=O)NCC(F)(F)F)C1=O. The van der Waals surface area contributed by atoms with Crippen LogP contribution < -0.4 is 5.32 Å². The number of imide groups is 1. The summed E-state index contributed by atoms with van der Waals surface area (Å²) in [6, 6.07) is 0. The number of likely N-dealkylation sites (tertiary alicyclic amines) is 1. The van der Waals surface area contributed by atoms with Gasteiger partial charge in [0.15, 0.2) is 0 Å². The summed E-state index contributed by atoms with van der Waals surface area (Å²) in [6.07, 6.45) is -4.06. The Morgan fingerprint density at radius 3 is 2.43 bits per heavy atom. The molecule has 0 unspecified atom stereocenters. The second-order valence-electron chi connectivity index (χ2n) is 6.01. The van der Waals surface area contributed by atoms with Gasteiger partial charge in [0.05, 0.1) is 5.41 Å². The van der Waals surface area contributed by atoms with Crippen LogP contribution in [0.2, 0.25) is 0 Å². The molecule has 0 radical (unpaired) electrons. The highest BCUT2D eigenvalue weighted by Gasteiger charge is 2.48. The van der Waals surface area contributed by atoms with Gasteiger partial charge in [-0.3, -0.25) is 19.3 Å². The second kappa shape index (κ2) is 6.03. The molecule has 3 amide bonds. The highest BCUT2D eigenvalue weighted by molar-refractivity contribution is 6.07. The van der Waals surface area contributed by atoms with Crippen molar-refractivity contribution in [2.45, 2.75) is 39.8 Å². The fourth-order valence-corrected chi connectivity index (χ4v) is 2.56. The number of amides is 3. The number of rotatable bonds is 5. The van der Waals surface area contributed by atoms with Crippen LogP contribution in [0.3, 0.4) is 0 Å². The number of hydrogen-bond acceptors (Lipinski definition) is 3. The van der Waals surface area contributed by atoms with Gasteiger partial charge in [0, 0.05) is 6.42 Å². The number of halogens is 3. The summed E-state index contributed by atoms with van der Waals surface area (Å²) in [5.74, 6) is -1.83. The summed E-state index contributed by atoms with van der Waals surface area (Å²) in [5, 5.41) is 1.65. The molecule has 1 fully saturated rings. The van der Waals surface area contributed by atoms with Crippen molar-refractivity contribution in [2.24, 2.45) is 11.3 Å². The largest absolute Gasteiger partial charge is 0.405 e. The summed E-state index contributed by atoms with van der Waals surface area (Å²) >= 11 is 0. The number of alkyl halides is 3. The Bertz CT molecular complexity index is 448. The van der Waals surface area contributed by atoms with E-state index in [1.54, 1.807) is 12.2 Å². The molecule has 5 nitrogen and oxygen atoms in total. The van der Waals surface area contributed by atoms with Gasteiger partial charge >= 0.3 is 6.18 Å². The molecule has 1 aliphatic heterocycles. The van der Waals surface area contributed by atoms with E-state index in [-0.39, 0.29) is 12.3 Å². The van der Waals surface area contributed by atoms with Crippen molar-refractivity contribution in [1.82, 2.24) is 10.2 Å². The molecule has 0 aromatic heterocycles. The summed E-state index contributed by atoms with van der Waals surface area (Å²) in [6.45, 7) is 3.30. The molecule has 1 saturated heterocycles. The van der Waals surface area contributed by atoms with Crippen LogP contribution >= 0.6 is 0 Å². The topological polar surface area (TPSA) is 66.5 Å². The van der Waals surface area contributed by atoms with Crippen molar-refractivity contribution >= 4 is 17.7 Å². The Labute approximate surface area is 120 Å². The van der Waals surface area contributed by atoms with Crippen LogP contribution in [0.25, 0.3) is 0 Å². The third-order valence-corrected chi connectivity index (χ3v) is 3.25. The molecule has 0 aromatic rings. The molecule has 0 aliphatic carbocycles. The standard InChI is InChI=1S/C13H19F3N2O3/c1-8(2)4-12(3)5-10(20)18(11(12)21)6-9(19)17-7-13(14,15)16/h8H,4-7H2,1-3H3,(H,17,19)/t12-/m0/s1. The Morgan fingerprint density at radius 2 is 1.95 bits per heavy atom. The normalized spacial score (nSPS) is 23.1. The van der Waals surface area contributed by atoms with E-state index in [0.717, 1.165) is 4.90 Å². The molecular weight excluding hydrogens is 289 g/mol. The number of hydrogen-bond donors (Lipinski definition) is 1. The van der Waals surface area contributed by atoms with Crippen LogP contribution in [-0.4, -0.2) is 41.9 Å². The molecule has 0 bridgehead atoms. The van der Waals surface area contributed by atoms with Crippen molar-refractivity contribution in [3.05, 3.63) is 0 Å². The Hall–Kier alpha value is -1.60. The van der Waals surface area contributed by atoms with Gasteiger partial charge in [-0.05, 0) is 12.3 Å². The lowest BCUT2D eigenvalue weighted by Crippen LogP contribution is -2.44. The molecule has 0 spiro atoms. The van der Waals surface area contributed by atoms with Crippen LogP contribution in [0.4, 0.5) is 13.2 Å². The molecule has 1 rings (SSSR count). The molecule has 0 saturated carbocycles. The monoisotopic (exact) mass is 308 g/mol. The predicted octanol–water partition coefficient (Wildman–Crippen LogP) is 1.48. The molecule has 8 heteroatoms. The van der Waals surface area contributed by atoms with Crippen LogP contribution in [0.1, 0.15) is 33.6 Å². The van der Waals surface area contributed by atoms with Gasteiger partial charge in [-0.1, -0.05) is 20.8 Å². The zero-order valence-electron chi connectivity index (χ0n) is 12.2. The minimum absolute atomic E-state index is 0.0173. The first kappa shape index (κ1) is 17.5. The van der Waals surface area contributed by atoms with E-state index < -0.39 is 42.4 Å². The minimum atomic E-state index is -4.53. The summed E-state index contributed by atoms with van der Waals surface area (Å²) in [7, 11) is 0. The van der Waals surface area contributed by atoms with Crippen LogP contribution in [0.5, 0.6) is 0 Å². The maximum Gasteiger partial charge on any atom is 0.405 e. The molecule has 0 aromatic carbocycles. The van der Waals surface area contributed by atoms with Crippen molar-refractivity contribution in [1.29, 1.82) is 0 Å². The van der Waals surface area contributed by atoms with E-state index in [1.807, 2.05) is 13.8 Å². The minimum Gasteiger partial charge on any atom is -0.345 e. The third-order valence-electron chi connectivity index (χ3n) is 3.25. The van der Waals surface area contributed by atoms with Gasteiger partial charge in [0.2, 0.25) is 17.7 Å². The molecule has 1 aliphatic rings. The highest BCUT2D eigenvalue weighted by atomic mass is 19.4. The van der Waals surface area contributed by atoms with Gasteiger partial charge in [-0.2, -0.15) is 13.2 Å². The number of carbonyl (C=O) groups is 3. The predicted molar refractivity (Wildman–Crippen MR) is 68.0 cm³/mol. The van der Waals surface area contributed by atoms with Gasteiger partial charge < -0.3 is 5.32 Å². The first-order valence-corrected chi connectivity index (χ1v) is 6.63. The van der Waals surface area contributed by atoms with Crippen LogP contribution in [-0.2, 0) is 14.4 Å². The first-order valence-electron chi connectivity index (χ1n) is 6.63. The maximum atomic E-state index is 12.2. The van der Waals surface area contributed by atoms with Gasteiger partial charge in [0.1, 0.15) is 13.1 Å². The van der Waals surface area contributed by atoms with Crippen LogP contribution in [0, 0.1) is 11.3 Å². The molecular formula is C13H19F3N2O3. The Kier molecular flexibility index (Phi) is 5.01. The van der Waals surface area contributed by atoms with Crippen molar-refractivity contribution in [2.75, 3.05) is 13.1 Å². The zero-order chi connectivity index (χ0) is 16.4. The lowest BCUT2D eigenvalue weighted by Gasteiger charge is -2.23. The number of nitrogens with zero attached hydrogens (tertiary/aromatic N) is 1. The fourth-order valence-electron chi connectivity index (χ4n) is 2.56. The fraction of sp³-hybridized carbons (Fsp3) is 0.769. The maximum absolute atomic E-state index is 12.2. The van der Waals surface area contributed by atoms with Crippen molar-refractivity contribution < 1.29 is 27.6 Å². The Balaban J connectivity index is 2.66. The average Bonchev–Trinajstić information content (AvgIpc) is 2.48. The summed E-state index contributed by atoms with van der Waals surface area (Å²) < 4.78 is 36.0. The van der Waals surface area contributed by atoms with Crippen molar-refractivity contribution in [3.8, 4) is 0 Å². The smallest absolute Gasteiger partial charge is 0.345 e. The average molecular weight is 308 g/mol. The third kappa shape index (κ3) is 4.71. The van der Waals surface area contributed by atoms with Gasteiger partial charge in [-0.15, -0.1) is 0 Å². The second-order valence-corrected chi connectivity index (χ2v) is 6.01.